The van der Waals surface area contributed by atoms with Gasteiger partial charge in [0.15, 0.2) is 0 Å². The Bertz CT molecular complexity index is 341. The topological polar surface area (TPSA) is 67.2 Å². The van der Waals surface area contributed by atoms with Crippen molar-refractivity contribution >= 4 is 5.91 Å². The van der Waals surface area contributed by atoms with Crippen molar-refractivity contribution in [3.8, 4) is 0 Å². The molecule has 1 atom stereocenters. The predicted octanol–water partition coefficient (Wildman–Crippen LogP) is 1.08. The number of likely N-dealkylation sites (N-methyl/N-ethyl adjacent to an activating group) is 1. The minimum atomic E-state index is 0.00103. The smallest absolute Gasteiger partial charge is 0.233 e. The van der Waals surface area contributed by atoms with Crippen molar-refractivity contribution in [1.82, 2.24) is 15.8 Å². The van der Waals surface area contributed by atoms with Gasteiger partial charge in [-0.05, 0) is 27.7 Å². The first-order valence-electron chi connectivity index (χ1n) is 5.49. The van der Waals surface area contributed by atoms with E-state index in [2.05, 4.69) is 15.8 Å². The fraction of sp³-hybridized carbons (Fsp3) is 0.636. The van der Waals surface area contributed by atoms with Crippen LogP contribution in [-0.4, -0.2) is 24.2 Å². The van der Waals surface area contributed by atoms with Gasteiger partial charge in [-0.3, -0.25) is 4.79 Å². The number of nitrogens with one attached hydrogen (secondary N) is 2. The molecule has 0 fully saturated rings. The summed E-state index contributed by atoms with van der Waals surface area (Å²) in [6.45, 7) is 8.62. The molecule has 0 aromatic carbocycles. The number of hydrogen-bond donors (Lipinski definition) is 2. The lowest BCUT2D eigenvalue weighted by atomic mass is 10.1. The molecule has 5 nitrogen and oxygen atoms in total. The van der Waals surface area contributed by atoms with Crippen LogP contribution in [0.15, 0.2) is 4.52 Å². The average Bonchev–Trinajstić information content (AvgIpc) is 2.56. The van der Waals surface area contributed by atoms with Gasteiger partial charge in [0.05, 0.1) is 12.2 Å². The third-order valence-corrected chi connectivity index (χ3v) is 2.46. The van der Waals surface area contributed by atoms with E-state index in [9.17, 15) is 4.79 Å². The Hall–Kier alpha value is -1.36. The number of carbonyl (C=O) groups excluding carboxylic acids is 1. The highest BCUT2D eigenvalue weighted by Gasteiger charge is 2.16. The van der Waals surface area contributed by atoms with Gasteiger partial charge >= 0.3 is 0 Å². The molecule has 0 aliphatic heterocycles. The van der Waals surface area contributed by atoms with Gasteiger partial charge in [-0.1, -0.05) is 5.16 Å². The molecule has 0 radical (unpaired) electrons. The summed E-state index contributed by atoms with van der Waals surface area (Å²) in [7, 11) is 0. The molecular formula is C11H19N3O2. The van der Waals surface area contributed by atoms with Crippen LogP contribution >= 0.6 is 0 Å². The van der Waals surface area contributed by atoms with E-state index in [4.69, 9.17) is 4.52 Å². The second-order valence-corrected chi connectivity index (χ2v) is 3.79. The van der Waals surface area contributed by atoms with Crippen molar-refractivity contribution in [3.63, 3.8) is 0 Å². The molecule has 1 aromatic heterocycles. The van der Waals surface area contributed by atoms with Crippen LogP contribution in [0, 0.1) is 13.8 Å². The highest BCUT2D eigenvalue weighted by atomic mass is 16.5. The Labute approximate surface area is 95.6 Å². The lowest BCUT2D eigenvalue weighted by Gasteiger charge is -2.13. The number of aryl methyl sites for hydroxylation is 2. The Balaban J connectivity index is 2.53. The van der Waals surface area contributed by atoms with Crippen LogP contribution in [0.4, 0.5) is 0 Å². The van der Waals surface area contributed by atoms with Crippen LogP contribution in [0.1, 0.15) is 36.9 Å². The number of nitrogens with zero attached hydrogens (tertiary/aromatic N) is 1. The number of aromatic nitrogens is 1. The Morgan fingerprint density at radius 3 is 2.69 bits per heavy atom. The average molecular weight is 225 g/mol. The molecule has 0 bridgehead atoms. The summed E-state index contributed by atoms with van der Waals surface area (Å²) in [4.78, 5) is 11.3. The fourth-order valence-electron chi connectivity index (χ4n) is 1.72. The number of rotatable bonds is 5. The summed E-state index contributed by atoms with van der Waals surface area (Å²) in [6.07, 6.45) is 0. The van der Waals surface area contributed by atoms with E-state index in [1.165, 1.54) is 0 Å². The van der Waals surface area contributed by atoms with Crippen LogP contribution in [0.25, 0.3) is 0 Å². The third-order valence-electron chi connectivity index (χ3n) is 2.46. The molecule has 0 aliphatic carbocycles. The van der Waals surface area contributed by atoms with Crippen molar-refractivity contribution in [2.75, 3.05) is 13.1 Å². The van der Waals surface area contributed by atoms with E-state index >= 15 is 0 Å². The quantitative estimate of drug-likeness (QED) is 0.787. The van der Waals surface area contributed by atoms with Crippen LogP contribution in [0.5, 0.6) is 0 Å². The van der Waals surface area contributed by atoms with Crippen molar-refractivity contribution in [3.05, 3.63) is 17.0 Å². The molecule has 0 spiro atoms. The summed E-state index contributed by atoms with van der Waals surface area (Å²) in [5.41, 5.74) is 1.90. The van der Waals surface area contributed by atoms with Crippen LogP contribution in [-0.2, 0) is 4.79 Å². The summed E-state index contributed by atoms with van der Waals surface area (Å²) < 4.78 is 5.08. The Morgan fingerprint density at radius 2 is 2.19 bits per heavy atom. The van der Waals surface area contributed by atoms with Gasteiger partial charge in [-0.15, -0.1) is 0 Å². The lowest BCUT2D eigenvalue weighted by molar-refractivity contribution is -0.120. The number of hydrogen-bond acceptors (Lipinski definition) is 4. The highest BCUT2D eigenvalue weighted by molar-refractivity contribution is 5.77. The zero-order valence-electron chi connectivity index (χ0n) is 10.3. The van der Waals surface area contributed by atoms with Gasteiger partial charge in [-0.25, -0.2) is 0 Å². The van der Waals surface area contributed by atoms with Gasteiger partial charge in [0.25, 0.3) is 0 Å². The molecule has 1 aromatic rings. The normalized spacial score (nSPS) is 12.5. The molecule has 90 valence electrons. The molecule has 1 amide bonds. The molecule has 1 rings (SSSR count). The first-order chi connectivity index (χ1) is 7.56. The van der Waals surface area contributed by atoms with Crippen molar-refractivity contribution in [2.24, 2.45) is 0 Å². The summed E-state index contributed by atoms with van der Waals surface area (Å²) in [5, 5.41) is 9.76. The molecule has 0 saturated carbocycles. The molecular weight excluding hydrogens is 206 g/mol. The van der Waals surface area contributed by atoms with E-state index in [0.29, 0.717) is 13.1 Å². The van der Waals surface area contributed by atoms with E-state index in [1.807, 2.05) is 27.7 Å². The van der Waals surface area contributed by atoms with Crippen LogP contribution < -0.4 is 10.6 Å². The molecule has 0 aliphatic rings. The van der Waals surface area contributed by atoms with E-state index in [-0.39, 0.29) is 11.9 Å². The monoisotopic (exact) mass is 225 g/mol. The molecule has 2 N–H and O–H groups in total. The van der Waals surface area contributed by atoms with Crippen molar-refractivity contribution < 1.29 is 9.32 Å². The number of carbonyl (C=O) groups is 1. The second-order valence-electron chi connectivity index (χ2n) is 3.79. The van der Waals surface area contributed by atoms with E-state index in [0.717, 1.165) is 17.0 Å². The maximum atomic E-state index is 11.3. The largest absolute Gasteiger partial charge is 0.361 e. The van der Waals surface area contributed by atoms with E-state index < -0.39 is 0 Å². The van der Waals surface area contributed by atoms with Crippen LogP contribution in [0.2, 0.25) is 0 Å². The van der Waals surface area contributed by atoms with Crippen LogP contribution in [0.3, 0.4) is 0 Å². The zero-order valence-corrected chi connectivity index (χ0v) is 10.3. The maximum absolute atomic E-state index is 11.3. The van der Waals surface area contributed by atoms with Gasteiger partial charge in [0.1, 0.15) is 5.76 Å². The molecule has 1 heterocycles. The predicted molar refractivity (Wildman–Crippen MR) is 61.1 cm³/mol. The Morgan fingerprint density at radius 1 is 1.50 bits per heavy atom. The van der Waals surface area contributed by atoms with Crippen molar-refractivity contribution in [1.29, 1.82) is 0 Å². The van der Waals surface area contributed by atoms with Gasteiger partial charge in [0, 0.05) is 18.2 Å². The first kappa shape index (κ1) is 12.7. The molecule has 16 heavy (non-hydrogen) atoms. The van der Waals surface area contributed by atoms with Crippen molar-refractivity contribution in [2.45, 2.75) is 33.7 Å². The van der Waals surface area contributed by atoms with Gasteiger partial charge in [-0.2, -0.15) is 0 Å². The zero-order chi connectivity index (χ0) is 12.1. The van der Waals surface area contributed by atoms with E-state index in [1.54, 1.807) is 0 Å². The maximum Gasteiger partial charge on any atom is 0.233 e. The summed E-state index contributed by atoms with van der Waals surface area (Å²) >= 11 is 0. The van der Waals surface area contributed by atoms with Gasteiger partial charge in [0.2, 0.25) is 5.91 Å². The first-order valence-corrected chi connectivity index (χ1v) is 5.49. The summed E-state index contributed by atoms with van der Waals surface area (Å²) in [5.74, 6) is 0.800. The molecule has 1 unspecified atom stereocenters. The summed E-state index contributed by atoms with van der Waals surface area (Å²) in [6, 6.07) is 0.0638. The van der Waals surface area contributed by atoms with Gasteiger partial charge < -0.3 is 15.2 Å². The number of amides is 1. The lowest BCUT2D eigenvalue weighted by Crippen LogP contribution is -2.35. The minimum absolute atomic E-state index is 0.00103. The molecule has 5 heteroatoms. The highest BCUT2D eigenvalue weighted by Crippen LogP contribution is 2.20. The fourth-order valence-corrected chi connectivity index (χ4v) is 1.72. The third kappa shape index (κ3) is 3.06. The minimum Gasteiger partial charge on any atom is -0.361 e. The second kappa shape index (κ2) is 5.65. The molecule has 0 saturated heterocycles. The standard InChI is InChI=1S/C11H19N3O2/c1-5-12-10(15)6-13-7(2)11-8(3)14-16-9(11)4/h7,13H,5-6H2,1-4H3,(H,12,15). The SMILES string of the molecule is CCNC(=O)CNC(C)c1c(C)noc1C. The Kier molecular flexibility index (Phi) is 4.49.